The molecule has 3 aromatic rings. The molecule has 0 spiro atoms. The lowest BCUT2D eigenvalue weighted by atomic mass is 10.0. The predicted molar refractivity (Wildman–Crippen MR) is 109 cm³/mol. The molecule has 2 aliphatic rings. The van der Waals surface area contributed by atoms with Crippen LogP contribution in [0.15, 0.2) is 54.7 Å². The van der Waals surface area contributed by atoms with Crippen molar-refractivity contribution in [1.29, 1.82) is 0 Å². The van der Waals surface area contributed by atoms with Crippen molar-refractivity contribution in [3.05, 3.63) is 71.1 Å². The third-order valence-electron chi connectivity index (χ3n) is 6.17. The molecule has 2 fully saturated rings. The Hall–Kier alpha value is -2.46. The van der Waals surface area contributed by atoms with E-state index in [0.29, 0.717) is 41.4 Å². The van der Waals surface area contributed by atoms with Crippen molar-refractivity contribution in [2.45, 2.75) is 12.8 Å². The second-order valence-electron chi connectivity index (χ2n) is 7.93. The number of halogens is 2. The van der Waals surface area contributed by atoms with Gasteiger partial charge in [0.05, 0.1) is 5.52 Å². The van der Waals surface area contributed by atoms with Gasteiger partial charge in [0.15, 0.2) is 0 Å². The number of aromatic nitrogens is 1. The average Bonchev–Trinajstić information content (AvgIpc) is 3.11. The predicted octanol–water partition coefficient (Wildman–Crippen LogP) is 4.91. The Labute approximate surface area is 168 Å². The number of hydrogen-bond acceptors (Lipinski definition) is 3. The van der Waals surface area contributed by atoms with Crippen LogP contribution < -0.4 is 4.90 Å². The van der Waals surface area contributed by atoms with Crippen molar-refractivity contribution >= 4 is 34.0 Å². The van der Waals surface area contributed by atoms with Crippen LogP contribution in [0.3, 0.4) is 0 Å². The van der Waals surface area contributed by atoms with Crippen molar-refractivity contribution in [1.82, 2.24) is 4.98 Å². The van der Waals surface area contributed by atoms with Crippen molar-refractivity contribution in [3.63, 3.8) is 0 Å². The molecular formula is C23H20ClFN2O. The monoisotopic (exact) mass is 394 g/mol. The highest BCUT2D eigenvalue weighted by atomic mass is 35.5. The van der Waals surface area contributed by atoms with E-state index in [2.05, 4.69) is 9.88 Å². The second-order valence-corrected chi connectivity index (χ2v) is 8.37. The Morgan fingerprint density at radius 1 is 1.11 bits per heavy atom. The molecule has 0 N–H and O–H groups in total. The number of carbonyl (C=O) groups is 1. The standard InChI is InChI=1S/C23H20ClFN2O/c24-15-3-1-14(2-4-15)9-17(28)11-18-20-12-27(13-21(18)20)23-7-8-26-22-6-5-16(25)10-19(22)23/h1-8,10,18,20-21H,9,11-13H2. The summed E-state index contributed by atoms with van der Waals surface area (Å²) in [5.41, 5.74) is 2.88. The Kier molecular flexibility index (Phi) is 4.31. The number of piperidine rings is 1. The average molecular weight is 395 g/mol. The maximum Gasteiger partial charge on any atom is 0.137 e. The van der Waals surface area contributed by atoms with Gasteiger partial charge in [0, 0.05) is 48.2 Å². The van der Waals surface area contributed by atoms with Crippen molar-refractivity contribution in [2.75, 3.05) is 18.0 Å². The Balaban J connectivity index is 1.22. The molecule has 2 unspecified atom stereocenters. The quantitative estimate of drug-likeness (QED) is 0.616. The Bertz CT molecular complexity index is 1040. The minimum Gasteiger partial charge on any atom is -0.370 e. The molecule has 2 atom stereocenters. The van der Waals surface area contributed by atoms with E-state index in [1.807, 2.05) is 30.3 Å². The molecule has 0 radical (unpaired) electrons. The smallest absolute Gasteiger partial charge is 0.137 e. The van der Waals surface area contributed by atoms with Gasteiger partial charge in [0.1, 0.15) is 11.6 Å². The van der Waals surface area contributed by atoms with E-state index < -0.39 is 0 Å². The number of pyridine rings is 1. The highest BCUT2D eigenvalue weighted by Crippen LogP contribution is 2.54. The lowest BCUT2D eigenvalue weighted by Crippen LogP contribution is -2.25. The second kappa shape index (κ2) is 6.85. The number of ketones is 1. The van der Waals surface area contributed by atoms with Crippen LogP contribution in [0.5, 0.6) is 0 Å². The van der Waals surface area contributed by atoms with Gasteiger partial charge in [-0.15, -0.1) is 0 Å². The minimum absolute atomic E-state index is 0.239. The zero-order valence-corrected chi connectivity index (χ0v) is 16.1. The highest BCUT2D eigenvalue weighted by molar-refractivity contribution is 6.30. The van der Waals surface area contributed by atoms with E-state index in [-0.39, 0.29) is 5.82 Å². The fourth-order valence-electron chi connectivity index (χ4n) is 4.69. The molecule has 5 rings (SSSR count). The maximum atomic E-state index is 13.7. The molecule has 142 valence electrons. The zero-order valence-electron chi connectivity index (χ0n) is 15.3. The number of rotatable bonds is 5. The third kappa shape index (κ3) is 3.26. The lowest BCUT2D eigenvalue weighted by molar-refractivity contribution is -0.118. The first-order valence-corrected chi connectivity index (χ1v) is 10.0. The largest absolute Gasteiger partial charge is 0.370 e. The van der Waals surface area contributed by atoms with Gasteiger partial charge in [-0.2, -0.15) is 0 Å². The normalized spacial score (nSPS) is 23.1. The van der Waals surface area contributed by atoms with E-state index in [1.165, 1.54) is 6.07 Å². The first-order valence-electron chi connectivity index (χ1n) is 9.64. The molecule has 1 aliphatic heterocycles. The number of hydrogen-bond donors (Lipinski definition) is 0. The van der Waals surface area contributed by atoms with Crippen LogP contribution in [0.1, 0.15) is 12.0 Å². The molecule has 2 heterocycles. The van der Waals surface area contributed by atoms with Crippen LogP contribution >= 0.6 is 11.6 Å². The zero-order chi connectivity index (χ0) is 19.3. The molecule has 0 amide bonds. The van der Waals surface area contributed by atoms with Gasteiger partial charge in [-0.1, -0.05) is 23.7 Å². The number of anilines is 1. The topological polar surface area (TPSA) is 33.2 Å². The molecule has 3 nitrogen and oxygen atoms in total. The van der Waals surface area contributed by atoms with Gasteiger partial charge in [0.2, 0.25) is 0 Å². The summed E-state index contributed by atoms with van der Waals surface area (Å²) in [7, 11) is 0. The van der Waals surface area contributed by atoms with Crippen LogP contribution in [-0.2, 0) is 11.2 Å². The Morgan fingerprint density at radius 3 is 2.61 bits per heavy atom. The van der Waals surface area contributed by atoms with E-state index in [1.54, 1.807) is 18.3 Å². The summed E-state index contributed by atoms with van der Waals surface area (Å²) in [6.07, 6.45) is 2.91. The van der Waals surface area contributed by atoms with Crippen LogP contribution in [0.25, 0.3) is 10.9 Å². The number of nitrogens with zero attached hydrogens (tertiary/aromatic N) is 2. The van der Waals surface area contributed by atoms with Crippen LogP contribution in [0.4, 0.5) is 10.1 Å². The first-order chi connectivity index (χ1) is 13.6. The van der Waals surface area contributed by atoms with E-state index in [4.69, 9.17) is 11.6 Å². The molecule has 1 saturated carbocycles. The van der Waals surface area contributed by atoms with Gasteiger partial charge < -0.3 is 4.90 Å². The molecular weight excluding hydrogens is 375 g/mol. The molecule has 1 saturated heterocycles. The van der Waals surface area contributed by atoms with Gasteiger partial charge in [-0.05, 0) is 59.7 Å². The SMILES string of the molecule is O=C(Cc1ccc(Cl)cc1)CC1C2CN(c3ccnc4ccc(F)cc34)CC12. The third-order valence-corrected chi connectivity index (χ3v) is 6.42. The van der Waals surface area contributed by atoms with E-state index in [9.17, 15) is 9.18 Å². The van der Waals surface area contributed by atoms with Gasteiger partial charge in [-0.25, -0.2) is 4.39 Å². The number of benzene rings is 2. The summed E-state index contributed by atoms with van der Waals surface area (Å²) in [4.78, 5) is 19.1. The summed E-state index contributed by atoms with van der Waals surface area (Å²) in [5, 5.41) is 1.55. The molecule has 28 heavy (non-hydrogen) atoms. The van der Waals surface area contributed by atoms with Crippen LogP contribution in [0.2, 0.25) is 5.02 Å². The van der Waals surface area contributed by atoms with Crippen molar-refractivity contribution in [2.24, 2.45) is 17.8 Å². The molecule has 2 aromatic carbocycles. The molecule has 1 aromatic heterocycles. The minimum atomic E-state index is -0.239. The fraction of sp³-hybridized carbons (Fsp3) is 0.304. The Morgan fingerprint density at radius 2 is 1.86 bits per heavy atom. The fourth-order valence-corrected chi connectivity index (χ4v) is 4.82. The van der Waals surface area contributed by atoms with Crippen molar-refractivity contribution in [3.8, 4) is 0 Å². The summed E-state index contributed by atoms with van der Waals surface area (Å²) >= 11 is 5.90. The maximum absolute atomic E-state index is 13.7. The number of carbonyl (C=O) groups excluding carboxylic acids is 1. The summed E-state index contributed by atoms with van der Waals surface area (Å²) in [6, 6.07) is 14.2. The molecule has 0 bridgehead atoms. The number of Topliss-reactive ketones (excluding diaryl/α,β-unsaturated/α-hetero) is 1. The van der Waals surface area contributed by atoms with Gasteiger partial charge >= 0.3 is 0 Å². The number of fused-ring (bicyclic) bond motifs is 2. The summed E-state index contributed by atoms with van der Waals surface area (Å²) in [5.74, 6) is 1.67. The van der Waals surface area contributed by atoms with Gasteiger partial charge in [-0.3, -0.25) is 9.78 Å². The van der Waals surface area contributed by atoms with Crippen LogP contribution in [-0.4, -0.2) is 23.9 Å². The van der Waals surface area contributed by atoms with E-state index in [0.717, 1.165) is 35.2 Å². The molecule has 5 heteroatoms. The lowest BCUT2D eigenvalue weighted by Gasteiger charge is -2.23. The summed E-state index contributed by atoms with van der Waals surface area (Å²) < 4.78 is 13.7. The summed E-state index contributed by atoms with van der Waals surface area (Å²) in [6.45, 7) is 1.86. The first kappa shape index (κ1) is 17.6. The highest BCUT2D eigenvalue weighted by Gasteiger charge is 2.55. The van der Waals surface area contributed by atoms with E-state index >= 15 is 0 Å². The van der Waals surface area contributed by atoms with Gasteiger partial charge in [0.25, 0.3) is 0 Å². The molecule has 1 aliphatic carbocycles. The van der Waals surface area contributed by atoms with Crippen LogP contribution in [0, 0.1) is 23.6 Å². The van der Waals surface area contributed by atoms with Crippen molar-refractivity contribution < 1.29 is 9.18 Å².